The van der Waals surface area contributed by atoms with Crippen molar-refractivity contribution in [3.05, 3.63) is 29.8 Å². The number of nitrogens with zero attached hydrogens (tertiary/aromatic N) is 1. The first-order valence-corrected chi connectivity index (χ1v) is 9.29. The maximum atomic E-state index is 12.2. The first kappa shape index (κ1) is 17.1. The average molecular weight is 331 g/mol. The van der Waals surface area contributed by atoms with E-state index in [9.17, 15) is 9.90 Å². The molecular weight excluding hydrogens is 302 g/mol. The topological polar surface area (TPSA) is 64.6 Å². The minimum atomic E-state index is -0.412. The van der Waals surface area contributed by atoms with Crippen LogP contribution >= 0.6 is 0 Å². The molecule has 2 amide bonds. The molecule has 0 radical (unpaired) electrons. The van der Waals surface area contributed by atoms with Gasteiger partial charge < -0.3 is 20.6 Å². The summed E-state index contributed by atoms with van der Waals surface area (Å²) in [6, 6.07) is 8.01. The van der Waals surface area contributed by atoms with Gasteiger partial charge in [-0.2, -0.15) is 0 Å². The summed E-state index contributed by atoms with van der Waals surface area (Å²) in [7, 11) is 0. The molecule has 1 aliphatic heterocycles. The third-order valence-electron chi connectivity index (χ3n) is 5.17. The van der Waals surface area contributed by atoms with Gasteiger partial charge in [0, 0.05) is 25.3 Å². The first-order valence-electron chi connectivity index (χ1n) is 9.29. The van der Waals surface area contributed by atoms with E-state index in [0.717, 1.165) is 44.3 Å². The molecule has 0 aromatic heterocycles. The minimum Gasteiger partial charge on any atom is -0.391 e. The van der Waals surface area contributed by atoms with Crippen molar-refractivity contribution < 1.29 is 9.90 Å². The normalized spacial score (nSPS) is 24.5. The number of aliphatic hydroxyl groups excluding tert-OH is 1. The van der Waals surface area contributed by atoms with E-state index in [0.29, 0.717) is 6.54 Å². The molecule has 5 heteroatoms. The highest BCUT2D eigenvalue weighted by Gasteiger charge is 2.24. The number of hydrogen-bond acceptors (Lipinski definition) is 3. The van der Waals surface area contributed by atoms with E-state index in [1.54, 1.807) is 0 Å². The first-order chi connectivity index (χ1) is 11.7. The fourth-order valence-electron chi connectivity index (χ4n) is 3.78. The summed E-state index contributed by atoms with van der Waals surface area (Å²) < 4.78 is 0. The minimum absolute atomic E-state index is 0.115. The molecule has 1 aromatic rings. The van der Waals surface area contributed by atoms with Crippen molar-refractivity contribution in [2.24, 2.45) is 0 Å². The Bertz CT molecular complexity index is 543. The lowest BCUT2D eigenvalue weighted by molar-refractivity contribution is 0.0943. The number of hydrogen-bond donors (Lipinski definition) is 3. The zero-order chi connectivity index (χ0) is 16.8. The lowest BCUT2D eigenvalue weighted by Gasteiger charge is -2.31. The molecule has 132 valence electrons. The Balaban J connectivity index is 1.55. The number of piperidine rings is 1. The Hall–Kier alpha value is -1.75. The molecule has 1 heterocycles. The molecule has 1 aliphatic carbocycles. The SMILES string of the molecule is O=C(NCc1ccccc1N1CCCCC1)NC1CCCCC1O. The second-order valence-electron chi connectivity index (χ2n) is 6.96. The van der Waals surface area contributed by atoms with Crippen molar-refractivity contribution in [3.63, 3.8) is 0 Å². The quantitative estimate of drug-likeness (QED) is 0.795. The lowest BCUT2D eigenvalue weighted by Crippen LogP contribution is -2.48. The van der Waals surface area contributed by atoms with E-state index in [2.05, 4.69) is 33.7 Å². The molecular formula is C19H29N3O2. The number of nitrogens with one attached hydrogen (secondary N) is 2. The predicted molar refractivity (Wildman–Crippen MR) is 96.1 cm³/mol. The van der Waals surface area contributed by atoms with Crippen LogP contribution in [-0.4, -0.2) is 36.4 Å². The second kappa shape index (κ2) is 8.38. The van der Waals surface area contributed by atoms with Gasteiger partial charge >= 0.3 is 6.03 Å². The number of carbonyl (C=O) groups excluding carboxylic acids is 1. The lowest BCUT2D eigenvalue weighted by atomic mass is 9.93. The second-order valence-corrected chi connectivity index (χ2v) is 6.96. The molecule has 2 aliphatic rings. The number of anilines is 1. The van der Waals surface area contributed by atoms with Crippen molar-refractivity contribution in [3.8, 4) is 0 Å². The molecule has 5 nitrogen and oxygen atoms in total. The van der Waals surface area contributed by atoms with Gasteiger partial charge in [-0.1, -0.05) is 31.0 Å². The van der Waals surface area contributed by atoms with Crippen LogP contribution in [0.25, 0.3) is 0 Å². The monoisotopic (exact) mass is 331 g/mol. The van der Waals surface area contributed by atoms with E-state index in [4.69, 9.17) is 0 Å². The van der Waals surface area contributed by atoms with Crippen LogP contribution in [0, 0.1) is 0 Å². The van der Waals surface area contributed by atoms with Gasteiger partial charge in [-0.05, 0) is 43.7 Å². The molecule has 0 bridgehead atoms. The molecule has 1 aromatic carbocycles. The number of para-hydroxylation sites is 1. The van der Waals surface area contributed by atoms with Gasteiger partial charge in [-0.3, -0.25) is 0 Å². The van der Waals surface area contributed by atoms with Crippen LogP contribution in [0.2, 0.25) is 0 Å². The highest BCUT2D eigenvalue weighted by atomic mass is 16.3. The summed E-state index contributed by atoms with van der Waals surface area (Å²) in [6.45, 7) is 2.70. The number of aliphatic hydroxyl groups is 1. The summed E-state index contributed by atoms with van der Waals surface area (Å²) in [6.07, 6.45) is 7.13. The van der Waals surface area contributed by atoms with Gasteiger partial charge in [0.2, 0.25) is 0 Å². The van der Waals surface area contributed by atoms with Gasteiger partial charge in [0.1, 0.15) is 0 Å². The van der Waals surface area contributed by atoms with E-state index in [1.807, 2.05) is 6.07 Å². The van der Waals surface area contributed by atoms with E-state index in [1.165, 1.54) is 24.9 Å². The van der Waals surface area contributed by atoms with E-state index in [-0.39, 0.29) is 12.1 Å². The van der Waals surface area contributed by atoms with Crippen molar-refractivity contribution in [1.29, 1.82) is 0 Å². The number of urea groups is 1. The van der Waals surface area contributed by atoms with Gasteiger partial charge in [-0.15, -0.1) is 0 Å². The molecule has 1 saturated carbocycles. The maximum absolute atomic E-state index is 12.2. The van der Waals surface area contributed by atoms with Crippen molar-refractivity contribution >= 4 is 11.7 Å². The number of rotatable bonds is 4. The molecule has 2 fully saturated rings. The molecule has 3 N–H and O–H groups in total. The molecule has 24 heavy (non-hydrogen) atoms. The van der Waals surface area contributed by atoms with Gasteiger partial charge in [-0.25, -0.2) is 4.79 Å². The number of carbonyl (C=O) groups is 1. The Morgan fingerprint density at radius 1 is 1.08 bits per heavy atom. The third kappa shape index (κ3) is 4.41. The standard InChI is InChI=1S/C19H29N3O2/c23-18-11-5-3-9-16(18)21-19(24)20-14-15-8-2-4-10-17(15)22-12-6-1-7-13-22/h2,4,8,10,16,18,23H,1,3,5-7,9,11-14H2,(H2,20,21,24). The average Bonchev–Trinajstić information content (AvgIpc) is 2.63. The summed E-state index contributed by atoms with van der Waals surface area (Å²) >= 11 is 0. The van der Waals surface area contributed by atoms with Crippen LogP contribution in [0.1, 0.15) is 50.5 Å². The van der Waals surface area contributed by atoms with Crippen LogP contribution in [0.3, 0.4) is 0 Å². The molecule has 0 spiro atoms. The molecule has 2 atom stereocenters. The maximum Gasteiger partial charge on any atom is 0.315 e. The predicted octanol–water partition coefficient (Wildman–Crippen LogP) is 2.78. The van der Waals surface area contributed by atoms with Crippen LogP contribution in [-0.2, 0) is 6.54 Å². The Kier molecular flexibility index (Phi) is 5.96. The Labute approximate surface area is 144 Å². The summed E-state index contributed by atoms with van der Waals surface area (Å²) in [5.41, 5.74) is 2.38. The molecule has 2 unspecified atom stereocenters. The highest BCUT2D eigenvalue weighted by Crippen LogP contribution is 2.24. The fourth-order valence-corrected chi connectivity index (χ4v) is 3.78. The number of benzene rings is 1. The van der Waals surface area contributed by atoms with Gasteiger partial charge in [0.15, 0.2) is 0 Å². The van der Waals surface area contributed by atoms with Crippen LogP contribution in [0.4, 0.5) is 10.5 Å². The fraction of sp³-hybridized carbons (Fsp3) is 0.632. The Morgan fingerprint density at radius 3 is 2.62 bits per heavy atom. The summed E-state index contributed by atoms with van der Waals surface area (Å²) in [4.78, 5) is 14.6. The zero-order valence-electron chi connectivity index (χ0n) is 14.3. The number of amides is 2. The zero-order valence-corrected chi connectivity index (χ0v) is 14.3. The highest BCUT2D eigenvalue weighted by molar-refractivity contribution is 5.74. The van der Waals surface area contributed by atoms with Gasteiger partial charge in [0.05, 0.1) is 12.1 Å². The van der Waals surface area contributed by atoms with Crippen LogP contribution in [0.5, 0.6) is 0 Å². The third-order valence-corrected chi connectivity index (χ3v) is 5.17. The summed E-state index contributed by atoms with van der Waals surface area (Å²) in [5.74, 6) is 0. The molecule has 1 saturated heterocycles. The van der Waals surface area contributed by atoms with Crippen molar-refractivity contribution in [2.45, 2.75) is 63.6 Å². The Morgan fingerprint density at radius 2 is 1.83 bits per heavy atom. The van der Waals surface area contributed by atoms with Crippen molar-refractivity contribution in [1.82, 2.24) is 10.6 Å². The molecule has 3 rings (SSSR count). The van der Waals surface area contributed by atoms with E-state index < -0.39 is 6.10 Å². The smallest absolute Gasteiger partial charge is 0.315 e. The van der Waals surface area contributed by atoms with E-state index >= 15 is 0 Å². The van der Waals surface area contributed by atoms with Crippen LogP contribution in [0.15, 0.2) is 24.3 Å². The van der Waals surface area contributed by atoms with Gasteiger partial charge in [0.25, 0.3) is 0 Å². The van der Waals surface area contributed by atoms with Crippen molar-refractivity contribution in [2.75, 3.05) is 18.0 Å². The largest absolute Gasteiger partial charge is 0.391 e. The van der Waals surface area contributed by atoms with Crippen LogP contribution < -0.4 is 15.5 Å². The summed E-state index contributed by atoms with van der Waals surface area (Å²) in [5, 5.41) is 15.9.